The fourth-order valence-electron chi connectivity index (χ4n) is 4.54. The zero-order valence-corrected chi connectivity index (χ0v) is 19.2. The molecular formula is C25H31IO2. The molecule has 0 amide bonds. The number of methoxy groups -OCH3 is 1. The number of carbonyl (C=O) groups excluding carboxylic acids is 1. The Bertz CT molecular complexity index is 753. The Hall–Kier alpha value is -1.20. The van der Waals surface area contributed by atoms with Crippen LogP contribution in [-0.2, 0) is 14.9 Å². The zero-order valence-electron chi connectivity index (χ0n) is 17.0. The van der Waals surface area contributed by atoms with Crippen LogP contribution in [0.4, 0.5) is 0 Å². The van der Waals surface area contributed by atoms with Crippen molar-refractivity contribution in [3.63, 3.8) is 0 Å². The molecule has 0 saturated carbocycles. The van der Waals surface area contributed by atoms with E-state index < -0.39 is 5.41 Å². The highest BCUT2D eigenvalue weighted by Crippen LogP contribution is 2.50. The van der Waals surface area contributed by atoms with Crippen LogP contribution in [0.25, 0.3) is 11.1 Å². The van der Waals surface area contributed by atoms with Gasteiger partial charge in [0.05, 0.1) is 10.5 Å². The second-order valence-corrected chi connectivity index (χ2v) is 9.32. The lowest BCUT2D eigenvalue weighted by atomic mass is 9.73. The summed E-state index contributed by atoms with van der Waals surface area (Å²) in [4.78, 5) is 13.9. The lowest BCUT2D eigenvalue weighted by Gasteiger charge is -2.32. The number of rotatable bonds is 11. The number of hydrogen-bond acceptors (Lipinski definition) is 2. The molecule has 0 radical (unpaired) electrons. The van der Waals surface area contributed by atoms with E-state index in [-0.39, 0.29) is 3.92 Å². The minimum atomic E-state index is -0.685. The normalized spacial score (nSPS) is 15.1. The number of unbranched alkanes of at least 4 members (excludes halogenated alkanes) is 5. The second kappa shape index (κ2) is 10.0. The summed E-state index contributed by atoms with van der Waals surface area (Å²) in [5.41, 5.74) is 3.87. The van der Waals surface area contributed by atoms with Gasteiger partial charge < -0.3 is 4.74 Å². The number of hydrogen-bond donors (Lipinski definition) is 0. The summed E-state index contributed by atoms with van der Waals surface area (Å²) in [6, 6.07) is 16.7. The first kappa shape index (κ1) is 21.5. The van der Waals surface area contributed by atoms with Crippen molar-refractivity contribution in [3.8, 4) is 11.1 Å². The van der Waals surface area contributed by atoms with Crippen LogP contribution in [0.3, 0.4) is 0 Å². The van der Waals surface area contributed by atoms with E-state index >= 15 is 0 Å². The fourth-order valence-corrected chi connectivity index (χ4v) is 5.51. The quantitative estimate of drug-likeness (QED) is 0.199. The molecule has 2 aromatic carbocycles. The van der Waals surface area contributed by atoms with E-state index in [0.29, 0.717) is 12.4 Å². The summed E-state index contributed by atoms with van der Waals surface area (Å²) in [6.45, 7) is 2.64. The van der Waals surface area contributed by atoms with E-state index in [1.165, 1.54) is 43.2 Å². The predicted octanol–water partition coefficient (Wildman–Crippen LogP) is 6.72. The third-order valence-electron chi connectivity index (χ3n) is 5.94. The molecule has 0 bridgehead atoms. The summed E-state index contributed by atoms with van der Waals surface area (Å²) < 4.78 is 5.66. The molecule has 0 fully saturated rings. The molecule has 28 heavy (non-hydrogen) atoms. The third-order valence-corrected chi connectivity index (χ3v) is 7.13. The molecule has 1 atom stereocenters. The molecule has 1 unspecified atom stereocenters. The highest BCUT2D eigenvalue weighted by molar-refractivity contribution is 14.1. The molecule has 0 heterocycles. The fraction of sp³-hybridized carbons (Fsp3) is 0.480. The maximum Gasteiger partial charge on any atom is 0.162 e. The minimum Gasteiger partial charge on any atom is -0.383 e. The van der Waals surface area contributed by atoms with Crippen molar-refractivity contribution in [2.24, 2.45) is 0 Å². The molecule has 3 heteroatoms. The zero-order chi connectivity index (χ0) is 20.0. The lowest BCUT2D eigenvalue weighted by molar-refractivity contribution is -0.124. The van der Waals surface area contributed by atoms with Gasteiger partial charge in [-0.05, 0) is 28.7 Å². The number of ketones is 1. The van der Waals surface area contributed by atoms with Crippen LogP contribution < -0.4 is 0 Å². The molecule has 1 aliphatic carbocycles. The first-order valence-electron chi connectivity index (χ1n) is 10.5. The predicted molar refractivity (Wildman–Crippen MR) is 125 cm³/mol. The van der Waals surface area contributed by atoms with Crippen molar-refractivity contribution in [3.05, 3.63) is 59.7 Å². The summed E-state index contributed by atoms with van der Waals surface area (Å²) in [5, 5.41) is 0. The number of carbonyl (C=O) groups is 1. The van der Waals surface area contributed by atoms with Crippen molar-refractivity contribution in [2.45, 2.75) is 61.2 Å². The van der Waals surface area contributed by atoms with Crippen LogP contribution in [0.5, 0.6) is 0 Å². The van der Waals surface area contributed by atoms with Crippen LogP contribution >= 0.6 is 22.6 Å². The first-order valence-corrected chi connectivity index (χ1v) is 11.8. The van der Waals surface area contributed by atoms with Crippen LogP contribution in [0.15, 0.2) is 48.5 Å². The van der Waals surface area contributed by atoms with Gasteiger partial charge in [0.2, 0.25) is 0 Å². The highest BCUT2D eigenvalue weighted by atomic mass is 127. The lowest BCUT2D eigenvalue weighted by Crippen LogP contribution is -2.44. The number of ether oxygens (including phenoxy) is 1. The van der Waals surface area contributed by atoms with Crippen LogP contribution in [0, 0.1) is 0 Å². The van der Waals surface area contributed by atoms with Gasteiger partial charge in [-0.25, -0.2) is 0 Å². The smallest absolute Gasteiger partial charge is 0.162 e. The van der Waals surface area contributed by atoms with Crippen LogP contribution in [-0.4, -0.2) is 23.4 Å². The molecule has 1 aliphatic rings. The molecule has 150 valence electrons. The van der Waals surface area contributed by atoms with E-state index in [0.717, 1.165) is 24.0 Å². The van der Waals surface area contributed by atoms with E-state index in [1.807, 2.05) is 12.1 Å². The van der Waals surface area contributed by atoms with Gasteiger partial charge in [0.25, 0.3) is 0 Å². The number of halogens is 1. The molecular weight excluding hydrogens is 459 g/mol. The number of Topliss-reactive ketones (excluding diaryl/α,β-unsaturated/α-hetero) is 1. The Morgan fingerprint density at radius 2 is 1.46 bits per heavy atom. The van der Waals surface area contributed by atoms with Crippen molar-refractivity contribution in [1.82, 2.24) is 0 Å². The first-order chi connectivity index (χ1) is 13.7. The van der Waals surface area contributed by atoms with Crippen molar-refractivity contribution in [1.29, 1.82) is 0 Å². The number of alkyl halides is 1. The van der Waals surface area contributed by atoms with Crippen LogP contribution in [0.2, 0.25) is 0 Å². The Morgan fingerprint density at radius 1 is 0.929 bits per heavy atom. The van der Waals surface area contributed by atoms with Gasteiger partial charge in [0.1, 0.15) is 5.41 Å². The standard InChI is InChI=1S/C25H31IO2/c1-3-4-5-6-7-8-17-23(26)24(27)25(18-28-2)21-15-11-9-13-19(21)20-14-10-12-16-22(20)25/h9-16,23H,3-8,17-18H2,1-2H3. The van der Waals surface area contributed by atoms with Gasteiger partial charge in [-0.1, -0.05) is 117 Å². The Labute approximate surface area is 183 Å². The van der Waals surface area contributed by atoms with Crippen molar-refractivity contribution < 1.29 is 9.53 Å². The maximum atomic E-state index is 13.9. The summed E-state index contributed by atoms with van der Waals surface area (Å²) in [6.07, 6.45) is 8.46. The number of fused-ring (bicyclic) bond motifs is 3. The Morgan fingerprint density at radius 3 is 2.04 bits per heavy atom. The largest absolute Gasteiger partial charge is 0.383 e. The van der Waals surface area contributed by atoms with Gasteiger partial charge in [-0.3, -0.25) is 4.79 Å². The highest BCUT2D eigenvalue weighted by Gasteiger charge is 2.50. The van der Waals surface area contributed by atoms with Gasteiger partial charge in [-0.2, -0.15) is 0 Å². The molecule has 0 saturated heterocycles. The molecule has 0 spiro atoms. The SMILES string of the molecule is CCCCCCCCC(I)C(=O)C1(COC)c2ccccc2-c2ccccc21. The average molecular weight is 490 g/mol. The van der Waals surface area contributed by atoms with E-state index in [1.54, 1.807) is 7.11 Å². The minimum absolute atomic E-state index is 0.00172. The van der Waals surface area contributed by atoms with E-state index in [4.69, 9.17) is 4.74 Å². The van der Waals surface area contributed by atoms with Crippen molar-refractivity contribution >= 4 is 28.4 Å². The third kappa shape index (κ3) is 4.06. The van der Waals surface area contributed by atoms with E-state index in [9.17, 15) is 4.79 Å². The molecule has 0 N–H and O–H groups in total. The number of benzene rings is 2. The molecule has 0 aromatic heterocycles. The molecule has 2 aromatic rings. The van der Waals surface area contributed by atoms with Gasteiger partial charge in [0, 0.05) is 7.11 Å². The maximum absolute atomic E-state index is 13.9. The average Bonchev–Trinajstić information content (AvgIpc) is 3.01. The molecule has 0 aliphatic heterocycles. The summed E-state index contributed by atoms with van der Waals surface area (Å²) in [5.74, 6) is 0.293. The van der Waals surface area contributed by atoms with Gasteiger partial charge >= 0.3 is 0 Å². The van der Waals surface area contributed by atoms with Crippen molar-refractivity contribution in [2.75, 3.05) is 13.7 Å². The summed E-state index contributed by atoms with van der Waals surface area (Å²) >= 11 is 2.37. The van der Waals surface area contributed by atoms with Crippen LogP contribution in [0.1, 0.15) is 63.0 Å². The topological polar surface area (TPSA) is 26.3 Å². The molecule has 2 nitrogen and oxygen atoms in total. The Balaban J connectivity index is 1.85. The van der Waals surface area contributed by atoms with E-state index in [2.05, 4.69) is 65.9 Å². The van der Waals surface area contributed by atoms with Gasteiger partial charge in [-0.15, -0.1) is 0 Å². The molecule has 3 rings (SSSR count). The second-order valence-electron chi connectivity index (χ2n) is 7.82. The Kier molecular flexibility index (Phi) is 7.69. The summed E-state index contributed by atoms with van der Waals surface area (Å²) in [7, 11) is 1.70. The van der Waals surface area contributed by atoms with Gasteiger partial charge in [0.15, 0.2) is 5.78 Å². The monoisotopic (exact) mass is 490 g/mol.